The van der Waals surface area contributed by atoms with Gasteiger partial charge in [0, 0.05) is 0 Å². The highest BCUT2D eigenvalue weighted by molar-refractivity contribution is 5.71. The van der Waals surface area contributed by atoms with Crippen LogP contribution in [0.3, 0.4) is 0 Å². The molecule has 3 nitrogen and oxygen atoms in total. The molecular weight excluding hydrogens is 180 g/mol. The van der Waals surface area contributed by atoms with E-state index < -0.39 is 0 Å². The van der Waals surface area contributed by atoms with Gasteiger partial charge < -0.3 is 9.84 Å². The molecule has 82 valence electrons. The lowest BCUT2D eigenvalue weighted by Crippen LogP contribution is -2.15. The van der Waals surface area contributed by atoms with Gasteiger partial charge in [-0.25, -0.2) is 0 Å². The number of esters is 1. The largest absolute Gasteiger partial charge is 0.461 e. The third-order valence-corrected chi connectivity index (χ3v) is 2.00. The van der Waals surface area contributed by atoms with Gasteiger partial charge in [-0.1, -0.05) is 26.0 Å². The summed E-state index contributed by atoms with van der Waals surface area (Å²) in [6.45, 7) is 7.34. The molecule has 2 atom stereocenters. The third kappa shape index (κ3) is 6.66. The summed E-state index contributed by atoms with van der Waals surface area (Å²) in [5.41, 5.74) is 0. The average molecular weight is 200 g/mol. The summed E-state index contributed by atoms with van der Waals surface area (Å²) < 4.78 is 4.89. The van der Waals surface area contributed by atoms with E-state index in [9.17, 15) is 4.79 Å². The highest BCUT2D eigenvalue weighted by atomic mass is 16.5. The van der Waals surface area contributed by atoms with Crippen LogP contribution in [0.4, 0.5) is 0 Å². The van der Waals surface area contributed by atoms with Crippen molar-refractivity contribution in [3.8, 4) is 0 Å². The van der Waals surface area contributed by atoms with Gasteiger partial charge in [0.05, 0.1) is 12.0 Å². The minimum absolute atomic E-state index is 0.0892. The minimum Gasteiger partial charge on any atom is -0.461 e. The number of rotatable bonds is 7. The van der Waals surface area contributed by atoms with Crippen LogP contribution >= 0.6 is 0 Å². The van der Waals surface area contributed by atoms with Gasteiger partial charge in [0.2, 0.25) is 0 Å². The van der Waals surface area contributed by atoms with E-state index in [0.717, 1.165) is 19.3 Å². The standard InChI is InChI=1S/C11H20O3/c1-4-8-14-11(13)9(2)6-5-7-10(3)12/h4,9-10,12H,1,5-8H2,2-3H3. The number of aliphatic hydroxyl groups is 1. The van der Waals surface area contributed by atoms with Crippen LogP contribution < -0.4 is 0 Å². The van der Waals surface area contributed by atoms with Crippen LogP contribution in [0, 0.1) is 5.92 Å². The van der Waals surface area contributed by atoms with Crippen molar-refractivity contribution in [1.82, 2.24) is 0 Å². The molecule has 0 aromatic carbocycles. The lowest BCUT2D eigenvalue weighted by Gasteiger charge is -2.10. The second kappa shape index (κ2) is 7.56. The predicted molar refractivity (Wildman–Crippen MR) is 55.9 cm³/mol. The summed E-state index contributed by atoms with van der Waals surface area (Å²) in [4.78, 5) is 11.2. The maximum Gasteiger partial charge on any atom is 0.308 e. The number of hydrogen-bond donors (Lipinski definition) is 1. The van der Waals surface area contributed by atoms with Crippen molar-refractivity contribution in [3.63, 3.8) is 0 Å². The smallest absolute Gasteiger partial charge is 0.308 e. The zero-order valence-electron chi connectivity index (χ0n) is 9.03. The zero-order valence-corrected chi connectivity index (χ0v) is 9.03. The van der Waals surface area contributed by atoms with Gasteiger partial charge >= 0.3 is 5.97 Å². The lowest BCUT2D eigenvalue weighted by atomic mass is 10.0. The average Bonchev–Trinajstić information content (AvgIpc) is 2.13. The Morgan fingerprint density at radius 2 is 2.14 bits per heavy atom. The molecule has 0 heterocycles. The van der Waals surface area contributed by atoms with Gasteiger partial charge in [0.25, 0.3) is 0 Å². The number of carbonyl (C=O) groups is 1. The molecular formula is C11H20O3. The molecule has 0 fully saturated rings. The number of ether oxygens (including phenoxy) is 1. The monoisotopic (exact) mass is 200 g/mol. The van der Waals surface area contributed by atoms with Crippen molar-refractivity contribution in [1.29, 1.82) is 0 Å². The van der Waals surface area contributed by atoms with Crippen LogP contribution in [0.2, 0.25) is 0 Å². The van der Waals surface area contributed by atoms with Gasteiger partial charge in [0.1, 0.15) is 6.61 Å². The molecule has 1 N–H and O–H groups in total. The Bertz CT molecular complexity index is 175. The molecule has 0 spiro atoms. The van der Waals surface area contributed by atoms with Gasteiger partial charge in [0.15, 0.2) is 0 Å². The van der Waals surface area contributed by atoms with Crippen molar-refractivity contribution in [2.24, 2.45) is 5.92 Å². The van der Waals surface area contributed by atoms with Gasteiger partial charge in [-0.2, -0.15) is 0 Å². The molecule has 0 aliphatic heterocycles. The van der Waals surface area contributed by atoms with Crippen LogP contribution in [0.15, 0.2) is 12.7 Å². The number of carbonyl (C=O) groups excluding carboxylic acids is 1. The molecule has 0 radical (unpaired) electrons. The lowest BCUT2D eigenvalue weighted by molar-refractivity contribution is -0.146. The van der Waals surface area contributed by atoms with E-state index in [2.05, 4.69) is 6.58 Å². The number of hydrogen-bond acceptors (Lipinski definition) is 3. The van der Waals surface area contributed by atoms with Crippen molar-refractivity contribution in [2.45, 2.75) is 39.2 Å². The molecule has 2 unspecified atom stereocenters. The Kier molecular flexibility index (Phi) is 7.11. The second-order valence-electron chi connectivity index (χ2n) is 3.60. The fraction of sp³-hybridized carbons (Fsp3) is 0.727. The summed E-state index contributed by atoms with van der Waals surface area (Å²) in [5.74, 6) is -0.274. The summed E-state index contributed by atoms with van der Waals surface area (Å²) >= 11 is 0. The molecule has 0 aliphatic rings. The normalized spacial score (nSPS) is 14.5. The molecule has 0 rings (SSSR count). The zero-order chi connectivity index (χ0) is 11.0. The van der Waals surface area contributed by atoms with Crippen LogP contribution in [0.5, 0.6) is 0 Å². The van der Waals surface area contributed by atoms with Gasteiger partial charge in [-0.3, -0.25) is 4.79 Å². The molecule has 0 aromatic rings. The first-order valence-electron chi connectivity index (χ1n) is 5.03. The first-order chi connectivity index (χ1) is 6.57. The Morgan fingerprint density at radius 3 is 2.64 bits per heavy atom. The molecule has 0 aliphatic carbocycles. The van der Waals surface area contributed by atoms with E-state index >= 15 is 0 Å². The van der Waals surface area contributed by atoms with Crippen LogP contribution in [0.1, 0.15) is 33.1 Å². The molecule has 0 saturated heterocycles. The Labute approximate surface area is 85.8 Å². The maximum absolute atomic E-state index is 11.2. The van der Waals surface area contributed by atoms with Crippen molar-refractivity contribution in [2.75, 3.05) is 6.61 Å². The molecule has 3 heteroatoms. The van der Waals surface area contributed by atoms with E-state index in [1.807, 2.05) is 6.92 Å². The van der Waals surface area contributed by atoms with Gasteiger partial charge in [-0.15, -0.1) is 0 Å². The van der Waals surface area contributed by atoms with E-state index in [0.29, 0.717) is 0 Å². The minimum atomic E-state index is -0.286. The molecule has 0 amide bonds. The number of aliphatic hydroxyl groups excluding tert-OH is 1. The fourth-order valence-corrected chi connectivity index (χ4v) is 1.12. The van der Waals surface area contributed by atoms with Crippen molar-refractivity contribution >= 4 is 5.97 Å². The first kappa shape index (κ1) is 13.2. The Morgan fingerprint density at radius 1 is 1.50 bits per heavy atom. The summed E-state index contributed by atoms with van der Waals surface area (Å²) in [6, 6.07) is 0. The third-order valence-electron chi connectivity index (χ3n) is 2.00. The second-order valence-corrected chi connectivity index (χ2v) is 3.60. The van der Waals surface area contributed by atoms with E-state index in [1.54, 1.807) is 13.0 Å². The SMILES string of the molecule is C=CCOC(=O)C(C)CCCC(C)O. The van der Waals surface area contributed by atoms with E-state index in [1.165, 1.54) is 0 Å². The van der Waals surface area contributed by atoms with Crippen molar-refractivity contribution < 1.29 is 14.6 Å². The van der Waals surface area contributed by atoms with E-state index in [4.69, 9.17) is 9.84 Å². The molecule has 0 saturated carbocycles. The summed E-state index contributed by atoms with van der Waals surface area (Å²) in [6.07, 6.45) is 3.62. The van der Waals surface area contributed by atoms with Gasteiger partial charge in [-0.05, 0) is 19.8 Å². The molecule has 0 bridgehead atoms. The maximum atomic E-state index is 11.2. The summed E-state index contributed by atoms with van der Waals surface area (Å²) in [5, 5.41) is 9.02. The molecule has 0 aromatic heterocycles. The van der Waals surface area contributed by atoms with Crippen LogP contribution in [0.25, 0.3) is 0 Å². The summed E-state index contributed by atoms with van der Waals surface area (Å²) in [7, 11) is 0. The quantitative estimate of drug-likeness (QED) is 0.504. The van der Waals surface area contributed by atoms with Crippen LogP contribution in [-0.2, 0) is 9.53 Å². The fourth-order valence-electron chi connectivity index (χ4n) is 1.12. The van der Waals surface area contributed by atoms with Crippen molar-refractivity contribution in [3.05, 3.63) is 12.7 Å². The first-order valence-corrected chi connectivity index (χ1v) is 5.03. The molecule has 14 heavy (non-hydrogen) atoms. The highest BCUT2D eigenvalue weighted by Gasteiger charge is 2.13. The highest BCUT2D eigenvalue weighted by Crippen LogP contribution is 2.11. The van der Waals surface area contributed by atoms with Crippen LogP contribution in [-0.4, -0.2) is 23.8 Å². The topological polar surface area (TPSA) is 46.5 Å². The predicted octanol–water partition coefficient (Wildman–Crippen LogP) is 1.90. The van der Waals surface area contributed by atoms with E-state index in [-0.39, 0.29) is 24.6 Å². The Balaban J connectivity index is 3.56. The Hall–Kier alpha value is -0.830.